The Morgan fingerprint density at radius 1 is 1.21 bits per heavy atom. The SMILES string of the molecule is CCNC(=NCCCN1CCCC1)NCCn1cnnc1CC.I. The number of likely N-dealkylation sites (tertiary alicyclic amines) is 1. The van der Waals surface area contributed by atoms with Crippen LogP contribution in [0, 0.1) is 0 Å². The number of nitrogens with zero attached hydrogens (tertiary/aromatic N) is 5. The maximum atomic E-state index is 4.66. The van der Waals surface area contributed by atoms with Gasteiger partial charge < -0.3 is 20.1 Å². The van der Waals surface area contributed by atoms with Crippen molar-refractivity contribution in [3.05, 3.63) is 12.2 Å². The molecule has 0 amide bonds. The molecule has 2 N–H and O–H groups in total. The van der Waals surface area contributed by atoms with Crippen molar-refractivity contribution in [3.8, 4) is 0 Å². The molecule has 24 heavy (non-hydrogen) atoms. The Bertz CT molecular complexity index is 469. The van der Waals surface area contributed by atoms with Crippen LogP contribution >= 0.6 is 24.0 Å². The van der Waals surface area contributed by atoms with E-state index in [1.54, 1.807) is 6.33 Å². The van der Waals surface area contributed by atoms with Crippen LogP contribution in [0.2, 0.25) is 0 Å². The third kappa shape index (κ3) is 7.33. The van der Waals surface area contributed by atoms with Crippen molar-refractivity contribution in [2.24, 2.45) is 4.99 Å². The fourth-order valence-electron chi connectivity index (χ4n) is 2.87. The summed E-state index contributed by atoms with van der Waals surface area (Å²) in [4.78, 5) is 7.20. The Labute approximate surface area is 162 Å². The summed E-state index contributed by atoms with van der Waals surface area (Å²) >= 11 is 0. The van der Waals surface area contributed by atoms with Crippen LogP contribution in [-0.4, -0.2) is 64.9 Å². The first kappa shape index (κ1) is 21.1. The van der Waals surface area contributed by atoms with Crippen LogP contribution in [0.4, 0.5) is 0 Å². The predicted molar refractivity (Wildman–Crippen MR) is 109 cm³/mol. The highest BCUT2D eigenvalue weighted by Gasteiger charge is 2.10. The summed E-state index contributed by atoms with van der Waals surface area (Å²) < 4.78 is 2.09. The molecule has 1 saturated heterocycles. The van der Waals surface area contributed by atoms with E-state index in [9.17, 15) is 0 Å². The molecular weight excluding hydrogens is 417 g/mol. The fourth-order valence-corrected chi connectivity index (χ4v) is 2.87. The smallest absolute Gasteiger partial charge is 0.191 e. The van der Waals surface area contributed by atoms with Gasteiger partial charge in [0.05, 0.1) is 0 Å². The van der Waals surface area contributed by atoms with Crippen molar-refractivity contribution in [2.45, 2.75) is 46.1 Å². The van der Waals surface area contributed by atoms with E-state index in [1.807, 2.05) is 0 Å². The minimum Gasteiger partial charge on any atom is -0.357 e. The van der Waals surface area contributed by atoms with Crippen LogP contribution in [0.25, 0.3) is 0 Å². The lowest BCUT2D eigenvalue weighted by Crippen LogP contribution is -2.39. The van der Waals surface area contributed by atoms with Gasteiger partial charge in [-0.2, -0.15) is 0 Å². The molecule has 0 radical (unpaired) electrons. The molecule has 8 heteroatoms. The zero-order chi connectivity index (χ0) is 16.3. The van der Waals surface area contributed by atoms with Crippen molar-refractivity contribution < 1.29 is 0 Å². The molecule has 0 saturated carbocycles. The largest absolute Gasteiger partial charge is 0.357 e. The van der Waals surface area contributed by atoms with Gasteiger partial charge in [-0.3, -0.25) is 4.99 Å². The number of aryl methyl sites for hydroxylation is 1. The minimum absolute atomic E-state index is 0. The molecule has 0 aliphatic carbocycles. The third-order valence-corrected chi connectivity index (χ3v) is 4.10. The second-order valence-corrected chi connectivity index (χ2v) is 5.88. The van der Waals surface area contributed by atoms with Crippen LogP contribution in [-0.2, 0) is 13.0 Å². The average molecular weight is 449 g/mol. The lowest BCUT2D eigenvalue weighted by atomic mass is 10.4. The number of nitrogens with one attached hydrogen (secondary N) is 2. The van der Waals surface area contributed by atoms with Gasteiger partial charge in [-0.1, -0.05) is 6.92 Å². The average Bonchev–Trinajstić information content (AvgIpc) is 3.22. The number of hydrogen-bond acceptors (Lipinski definition) is 4. The van der Waals surface area contributed by atoms with Crippen molar-refractivity contribution in [2.75, 3.05) is 39.3 Å². The number of guanidine groups is 1. The second kappa shape index (κ2) is 12.5. The van der Waals surface area contributed by atoms with E-state index in [-0.39, 0.29) is 24.0 Å². The van der Waals surface area contributed by atoms with Crippen LogP contribution in [0.3, 0.4) is 0 Å². The van der Waals surface area contributed by atoms with E-state index in [0.717, 1.165) is 50.8 Å². The van der Waals surface area contributed by atoms with E-state index in [4.69, 9.17) is 0 Å². The minimum atomic E-state index is 0. The summed E-state index contributed by atoms with van der Waals surface area (Å²) in [7, 11) is 0. The van der Waals surface area contributed by atoms with Crippen LogP contribution in [0.5, 0.6) is 0 Å². The van der Waals surface area contributed by atoms with Crippen molar-refractivity contribution in [1.29, 1.82) is 0 Å². The summed E-state index contributed by atoms with van der Waals surface area (Å²) in [5.74, 6) is 1.93. The first-order valence-corrected chi connectivity index (χ1v) is 8.94. The number of hydrogen-bond donors (Lipinski definition) is 2. The van der Waals surface area contributed by atoms with Crippen LogP contribution in [0.1, 0.15) is 38.9 Å². The van der Waals surface area contributed by atoms with E-state index in [2.05, 4.69) is 49.1 Å². The third-order valence-electron chi connectivity index (χ3n) is 4.10. The standard InChI is InChI=1S/C16H31N7.HI/c1-3-15-21-20-14-23(15)13-9-19-16(17-4-2)18-8-7-12-22-10-5-6-11-22;/h14H,3-13H2,1-2H3,(H2,17,18,19);1H. The fraction of sp³-hybridized carbons (Fsp3) is 0.812. The van der Waals surface area contributed by atoms with Gasteiger partial charge in [-0.15, -0.1) is 34.2 Å². The molecule has 0 spiro atoms. The molecule has 0 atom stereocenters. The topological polar surface area (TPSA) is 70.4 Å². The van der Waals surface area contributed by atoms with Crippen molar-refractivity contribution >= 4 is 29.9 Å². The normalized spacial score (nSPS) is 15.3. The number of aliphatic imine (C=N–C) groups is 1. The molecule has 2 rings (SSSR count). The van der Waals surface area contributed by atoms with Gasteiger partial charge in [0.25, 0.3) is 0 Å². The molecule has 0 unspecified atom stereocenters. The number of aromatic nitrogens is 3. The molecule has 1 aliphatic rings. The van der Waals surface area contributed by atoms with E-state index < -0.39 is 0 Å². The maximum absolute atomic E-state index is 4.66. The molecule has 1 aliphatic heterocycles. The summed E-state index contributed by atoms with van der Waals surface area (Å²) in [6.45, 7) is 11.3. The Morgan fingerprint density at radius 2 is 2.00 bits per heavy atom. The Kier molecular flexibility index (Phi) is 11.0. The quantitative estimate of drug-likeness (QED) is 0.259. The van der Waals surface area contributed by atoms with Gasteiger partial charge in [-0.05, 0) is 45.8 Å². The lowest BCUT2D eigenvalue weighted by Gasteiger charge is -2.14. The van der Waals surface area contributed by atoms with Gasteiger partial charge >= 0.3 is 0 Å². The van der Waals surface area contributed by atoms with Gasteiger partial charge in [-0.25, -0.2) is 0 Å². The zero-order valence-corrected chi connectivity index (χ0v) is 17.3. The number of halogens is 1. The summed E-state index contributed by atoms with van der Waals surface area (Å²) in [6, 6.07) is 0. The van der Waals surface area contributed by atoms with Gasteiger partial charge in [0.1, 0.15) is 12.2 Å². The molecule has 2 heterocycles. The van der Waals surface area contributed by atoms with Gasteiger partial charge in [0, 0.05) is 32.6 Å². The Hall–Kier alpha value is -0.900. The van der Waals surface area contributed by atoms with Gasteiger partial charge in [0.2, 0.25) is 0 Å². The summed E-state index contributed by atoms with van der Waals surface area (Å²) in [5, 5.41) is 14.8. The van der Waals surface area contributed by atoms with Crippen LogP contribution < -0.4 is 10.6 Å². The molecule has 0 aromatic carbocycles. The number of rotatable bonds is 9. The zero-order valence-electron chi connectivity index (χ0n) is 15.0. The monoisotopic (exact) mass is 449 g/mol. The van der Waals surface area contributed by atoms with Gasteiger partial charge in [0.15, 0.2) is 5.96 Å². The lowest BCUT2D eigenvalue weighted by molar-refractivity contribution is 0.336. The molecule has 7 nitrogen and oxygen atoms in total. The summed E-state index contributed by atoms with van der Waals surface area (Å²) in [6.07, 6.45) is 6.54. The van der Waals surface area contributed by atoms with Crippen molar-refractivity contribution in [1.82, 2.24) is 30.3 Å². The highest BCUT2D eigenvalue weighted by Crippen LogP contribution is 2.07. The van der Waals surface area contributed by atoms with E-state index in [1.165, 1.54) is 32.5 Å². The Morgan fingerprint density at radius 3 is 2.71 bits per heavy atom. The first-order valence-electron chi connectivity index (χ1n) is 8.94. The molecule has 0 bridgehead atoms. The molecule has 1 fully saturated rings. The predicted octanol–water partition coefficient (Wildman–Crippen LogP) is 1.50. The molecular formula is C16H32IN7. The Balaban J connectivity index is 0.00000288. The van der Waals surface area contributed by atoms with Crippen LogP contribution in [0.15, 0.2) is 11.3 Å². The van der Waals surface area contributed by atoms with Crippen molar-refractivity contribution in [3.63, 3.8) is 0 Å². The highest BCUT2D eigenvalue weighted by atomic mass is 127. The maximum Gasteiger partial charge on any atom is 0.191 e. The molecule has 138 valence electrons. The highest BCUT2D eigenvalue weighted by molar-refractivity contribution is 14.0. The second-order valence-electron chi connectivity index (χ2n) is 5.88. The summed E-state index contributed by atoms with van der Waals surface area (Å²) in [5.41, 5.74) is 0. The first-order chi connectivity index (χ1) is 11.3. The molecule has 1 aromatic heterocycles. The van der Waals surface area contributed by atoms with E-state index >= 15 is 0 Å². The molecule has 1 aromatic rings. The van der Waals surface area contributed by atoms with E-state index in [0.29, 0.717) is 0 Å².